The summed E-state index contributed by atoms with van der Waals surface area (Å²) in [7, 11) is -3.53. The van der Waals surface area contributed by atoms with Crippen LogP contribution in [0.5, 0.6) is 0 Å². The lowest BCUT2D eigenvalue weighted by atomic mass is 10.0. The van der Waals surface area contributed by atoms with Crippen LogP contribution < -0.4 is 5.32 Å². The highest BCUT2D eigenvalue weighted by atomic mass is 32.2. The highest BCUT2D eigenvalue weighted by molar-refractivity contribution is 7.89. The number of para-hydroxylation sites is 1. The number of aromatic nitrogens is 1. The van der Waals surface area contributed by atoms with E-state index in [1.165, 1.54) is 27.8 Å². The summed E-state index contributed by atoms with van der Waals surface area (Å²) in [6.07, 6.45) is 1.75. The first-order chi connectivity index (χ1) is 14.8. The van der Waals surface area contributed by atoms with Crippen LogP contribution in [0.1, 0.15) is 55.5 Å². The standard InChI is InChI=1S/C23H27N3O3S2/c1-15(2)19-5-4-6-20-21(19)24-23(30-20)25-22(27)17-7-9-18(10-8-17)31(28,29)26-13-11-16(3)12-14-26/h4-10,15-16H,11-14H2,1-3H3,(H,24,25,27). The van der Waals surface area contributed by atoms with Gasteiger partial charge in [-0.1, -0.05) is 44.2 Å². The molecule has 1 fully saturated rings. The molecule has 0 unspecified atom stereocenters. The van der Waals surface area contributed by atoms with Gasteiger partial charge in [-0.2, -0.15) is 4.31 Å². The molecule has 6 nitrogen and oxygen atoms in total. The van der Waals surface area contributed by atoms with Crippen molar-refractivity contribution in [3.05, 3.63) is 53.6 Å². The number of hydrogen-bond acceptors (Lipinski definition) is 5. The highest BCUT2D eigenvalue weighted by Crippen LogP contribution is 2.32. The molecule has 1 N–H and O–H groups in total. The Labute approximate surface area is 187 Å². The Kier molecular flexibility index (Phi) is 6.14. The third-order valence-electron chi connectivity index (χ3n) is 5.79. The summed E-state index contributed by atoms with van der Waals surface area (Å²) in [5.74, 6) is 0.588. The summed E-state index contributed by atoms with van der Waals surface area (Å²) >= 11 is 1.43. The molecule has 1 aliphatic rings. The Morgan fingerprint density at radius 1 is 1.13 bits per heavy atom. The van der Waals surface area contributed by atoms with Crippen LogP contribution in [0.15, 0.2) is 47.4 Å². The number of anilines is 1. The predicted molar refractivity (Wildman–Crippen MR) is 125 cm³/mol. The van der Waals surface area contributed by atoms with Crippen molar-refractivity contribution in [2.75, 3.05) is 18.4 Å². The smallest absolute Gasteiger partial charge is 0.257 e. The van der Waals surface area contributed by atoms with E-state index in [1.807, 2.05) is 12.1 Å². The molecule has 1 aromatic heterocycles. The van der Waals surface area contributed by atoms with Crippen molar-refractivity contribution >= 4 is 42.6 Å². The molecule has 0 spiro atoms. The molecule has 0 bridgehead atoms. The minimum absolute atomic E-state index is 0.222. The number of nitrogens with zero attached hydrogens (tertiary/aromatic N) is 2. The Bertz CT molecular complexity index is 1190. The molecule has 1 saturated heterocycles. The molecule has 8 heteroatoms. The fourth-order valence-corrected chi connectivity index (χ4v) is 6.18. The molecule has 3 aromatic rings. The van der Waals surface area contributed by atoms with Gasteiger partial charge < -0.3 is 0 Å². The molecular formula is C23H27N3O3S2. The number of sulfonamides is 1. The first-order valence-corrected chi connectivity index (χ1v) is 12.8. The Balaban J connectivity index is 1.50. The lowest BCUT2D eigenvalue weighted by Gasteiger charge is -2.29. The van der Waals surface area contributed by atoms with Gasteiger partial charge in [-0.25, -0.2) is 13.4 Å². The zero-order valence-corrected chi connectivity index (χ0v) is 19.6. The van der Waals surface area contributed by atoms with E-state index in [1.54, 1.807) is 12.1 Å². The van der Waals surface area contributed by atoms with Gasteiger partial charge in [-0.05, 0) is 60.6 Å². The topological polar surface area (TPSA) is 79.4 Å². The van der Waals surface area contributed by atoms with E-state index in [-0.39, 0.29) is 10.8 Å². The molecule has 0 atom stereocenters. The lowest BCUT2D eigenvalue weighted by Crippen LogP contribution is -2.37. The quantitative estimate of drug-likeness (QED) is 0.579. The van der Waals surface area contributed by atoms with Crippen LogP contribution in [0, 0.1) is 5.92 Å². The van der Waals surface area contributed by atoms with E-state index in [0.717, 1.165) is 28.6 Å². The van der Waals surface area contributed by atoms with E-state index in [4.69, 9.17) is 0 Å². The number of hydrogen-bond donors (Lipinski definition) is 1. The summed E-state index contributed by atoms with van der Waals surface area (Å²) in [6, 6.07) is 12.2. The average Bonchev–Trinajstić information content (AvgIpc) is 3.16. The Morgan fingerprint density at radius 3 is 2.45 bits per heavy atom. The van der Waals surface area contributed by atoms with Crippen LogP contribution in [-0.2, 0) is 10.0 Å². The van der Waals surface area contributed by atoms with Crippen LogP contribution in [0.3, 0.4) is 0 Å². The molecule has 4 rings (SSSR count). The number of benzene rings is 2. The Morgan fingerprint density at radius 2 is 1.81 bits per heavy atom. The third-order valence-corrected chi connectivity index (χ3v) is 8.64. The van der Waals surface area contributed by atoms with Crippen LogP contribution in [0.2, 0.25) is 0 Å². The maximum absolute atomic E-state index is 12.9. The van der Waals surface area contributed by atoms with E-state index in [2.05, 4.69) is 37.1 Å². The van der Waals surface area contributed by atoms with Gasteiger partial charge in [0, 0.05) is 18.7 Å². The predicted octanol–water partition coefficient (Wildman–Crippen LogP) is 5.09. The lowest BCUT2D eigenvalue weighted by molar-refractivity contribution is 0.102. The first-order valence-electron chi connectivity index (χ1n) is 10.6. The van der Waals surface area contributed by atoms with Gasteiger partial charge >= 0.3 is 0 Å². The number of nitrogens with one attached hydrogen (secondary N) is 1. The number of piperidine rings is 1. The minimum atomic E-state index is -3.53. The number of thiazole rings is 1. The van der Waals surface area contributed by atoms with Crippen molar-refractivity contribution < 1.29 is 13.2 Å². The van der Waals surface area contributed by atoms with Crippen LogP contribution in [-0.4, -0.2) is 36.7 Å². The summed E-state index contributed by atoms with van der Waals surface area (Å²) in [4.78, 5) is 17.5. The van der Waals surface area contributed by atoms with E-state index >= 15 is 0 Å². The van der Waals surface area contributed by atoms with Gasteiger partial charge in [0.25, 0.3) is 5.91 Å². The normalized spacial score (nSPS) is 16.1. The van der Waals surface area contributed by atoms with Crippen molar-refractivity contribution in [2.24, 2.45) is 5.92 Å². The average molecular weight is 458 g/mol. The molecule has 0 saturated carbocycles. The van der Waals surface area contributed by atoms with E-state index < -0.39 is 10.0 Å². The maximum atomic E-state index is 12.9. The zero-order chi connectivity index (χ0) is 22.2. The van der Waals surface area contributed by atoms with E-state index in [9.17, 15) is 13.2 Å². The molecule has 31 heavy (non-hydrogen) atoms. The summed E-state index contributed by atoms with van der Waals surface area (Å²) in [5, 5.41) is 3.38. The summed E-state index contributed by atoms with van der Waals surface area (Å²) in [6.45, 7) is 7.47. The minimum Gasteiger partial charge on any atom is -0.298 e. The van der Waals surface area contributed by atoms with Crippen molar-refractivity contribution in [2.45, 2.75) is 44.4 Å². The second-order valence-electron chi connectivity index (χ2n) is 8.43. The van der Waals surface area contributed by atoms with Crippen LogP contribution in [0.4, 0.5) is 5.13 Å². The van der Waals surface area contributed by atoms with Crippen LogP contribution >= 0.6 is 11.3 Å². The number of carbonyl (C=O) groups is 1. The molecule has 2 aromatic carbocycles. The van der Waals surface area contributed by atoms with Crippen LogP contribution in [0.25, 0.3) is 10.2 Å². The van der Waals surface area contributed by atoms with Crippen molar-refractivity contribution in [3.8, 4) is 0 Å². The zero-order valence-electron chi connectivity index (χ0n) is 18.0. The molecule has 0 radical (unpaired) electrons. The molecule has 2 heterocycles. The fraction of sp³-hybridized carbons (Fsp3) is 0.391. The SMILES string of the molecule is CC1CCN(S(=O)(=O)c2ccc(C(=O)Nc3nc4c(C(C)C)cccc4s3)cc2)CC1. The number of carbonyl (C=O) groups excluding carboxylic acids is 1. The molecule has 0 aliphatic carbocycles. The maximum Gasteiger partial charge on any atom is 0.257 e. The van der Waals surface area contributed by atoms with Gasteiger partial charge in [0.1, 0.15) is 0 Å². The molecule has 164 valence electrons. The number of fused-ring (bicyclic) bond motifs is 1. The molecular weight excluding hydrogens is 430 g/mol. The molecule has 1 aliphatic heterocycles. The van der Waals surface area contributed by atoms with Gasteiger partial charge in [0.05, 0.1) is 15.1 Å². The second-order valence-corrected chi connectivity index (χ2v) is 11.4. The van der Waals surface area contributed by atoms with Crippen molar-refractivity contribution in [1.82, 2.24) is 9.29 Å². The summed E-state index contributed by atoms with van der Waals surface area (Å²) < 4.78 is 28.3. The Hall–Kier alpha value is -2.29. The van der Waals surface area contributed by atoms with Gasteiger partial charge in [-0.3, -0.25) is 10.1 Å². The highest BCUT2D eigenvalue weighted by Gasteiger charge is 2.28. The fourth-order valence-electron chi connectivity index (χ4n) is 3.81. The van der Waals surface area contributed by atoms with E-state index in [0.29, 0.717) is 35.6 Å². The van der Waals surface area contributed by atoms with Crippen molar-refractivity contribution in [1.29, 1.82) is 0 Å². The largest absolute Gasteiger partial charge is 0.298 e. The van der Waals surface area contributed by atoms with Gasteiger partial charge in [0.15, 0.2) is 5.13 Å². The number of amides is 1. The van der Waals surface area contributed by atoms with Gasteiger partial charge in [0.2, 0.25) is 10.0 Å². The van der Waals surface area contributed by atoms with Crippen molar-refractivity contribution in [3.63, 3.8) is 0 Å². The first kappa shape index (κ1) is 21.9. The monoisotopic (exact) mass is 457 g/mol. The van der Waals surface area contributed by atoms with Gasteiger partial charge in [-0.15, -0.1) is 0 Å². The third kappa shape index (κ3) is 4.51. The second kappa shape index (κ2) is 8.68. The number of rotatable bonds is 5. The summed E-state index contributed by atoms with van der Waals surface area (Å²) in [5.41, 5.74) is 2.46. The molecule has 1 amide bonds.